The molecule has 4 heteroatoms. The van der Waals surface area contributed by atoms with Gasteiger partial charge in [-0.15, -0.1) is 0 Å². The van der Waals surface area contributed by atoms with Gasteiger partial charge in [-0.1, -0.05) is 12.1 Å². The summed E-state index contributed by atoms with van der Waals surface area (Å²) >= 11 is 0. The molecule has 0 aliphatic rings. The van der Waals surface area contributed by atoms with Crippen LogP contribution in [-0.2, 0) is 0 Å². The normalized spacial score (nSPS) is 10.6. The lowest BCUT2D eigenvalue weighted by atomic mass is 10.2. The first-order valence-electron chi connectivity index (χ1n) is 5.21. The van der Waals surface area contributed by atoms with Gasteiger partial charge in [-0.05, 0) is 24.3 Å². The predicted octanol–water partition coefficient (Wildman–Crippen LogP) is 2.40. The standard InChI is InChI=1S/C13H9N3O/c17-12-6-2-1-4-9(12)13-15-8-11-10(16-13)5-3-7-14-11/h1-8,17H. The number of hydrogen-bond acceptors (Lipinski definition) is 4. The van der Waals surface area contributed by atoms with Gasteiger partial charge in [0, 0.05) is 6.20 Å². The van der Waals surface area contributed by atoms with Crippen molar-refractivity contribution in [3.63, 3.8) is 0 Å². The van der Waals surface area contributed by atoms with Crippen LogP contribution in [0.1, 0.15) is 0 Å². The van der Waals surface area contributed by atoms with Gasteiger partial charge in [-0.2, -0.15) is 0 Å². The molecule has 3 aromatic rings. The molecule has 4 nitrogen and oxygen atoms in total. The molecule has 0 aliphatic heterocycles. The van der Waals surface area contributed by atoms with Crippen molar-refractivity contribution in [2.45, 2.75) is 0 Å². The first-order chi connectivity index (χ1) is 8.34. The van der Waals surface area contributed by atoms with E-state index in [1.165, 1.54) is 0 Å². The van der Waals surface area contributed by atoms with Crippen molar-refractivity contribution < 1.29 is 5.11 Å². The number of rotatable bonds is 1. The van der Waals surface area contributed by atoms with Crippen molar-refractivity contribution in [3.05, 3.63) is 48.8 Å². The molecule has 0 bridgehead atoms. The monoisotopic (exact) mass is 223 g/mol. The van der Waals surface area contributed by atoms with Crippen LogP contribution >= 0.6 is 0 Å². The summed E-state index contributed by atoms with van der Waals surface area (Å²) in [4.78, 5) is 12.7. The Bertz CT molecular complexity index is 682. The van der Waals surface area contributed by atoms with Crippen molar-refractivity contribution in [3.8, 4) is 17.1 Å². The average molecular weight is 223 g/mol. The molecular formula is C13H9N3O. The maximum absolute atomic E-state index is 9.74. The molecule has 0 saturated heterocycles. The van der Waals surface area contributed by atoms with E-state index in [1.807, 2.05) is 18.2 Å². The van der Waals surface area contributed by atoms with Crippen LogP contribution in [0.5, 0.6) is 5.75 Å². The van der Waals surface area contributed by atoms with Gasteiger partial charge in [-0.25, -0.2) is 9.97 Å². The summed E-state index contributed by atoms with van der Waals surface area (Å²) in [6, 6.07) is 10.7. The lowest BCUT2D eigenvalue weighted by molar-refractivity contribution is 0.477. The van der Waals surface area contributed by atoms with Crippen molar-refractivity contribution in [1.29, 1.82) is 0 Å². The van der Waals surface area contributed by atoms with Crippen LogP contribution in [0.2, 0.25) is 0 Å². The van der Waals surface area contributed by atoms with E-state index in [0.717, 1.165) is 11.0 Å². The van der Waals surface area contributed by atoms with Crippen LogP contribution in [0.15, 0.2) is 48.8 Å². The zero-order valence-corrected chi connectivity index (χ0v) is 8.91. The smallest absolute Gasteiger partial charge is 0.163 e. The second-order valence-corrected chi connectivity index (χ2v) is 3.62. The quantitative estimate of drug-likeness (QED) is 0.688. The van der Waals surface area contributed by atoms with Gasteiger partial charge in [0.1, 0.15) is 11.3 Å². The molecule has 3 rings (SSSR count). The Hall–Kier alpha value is -2.49. The van der Waals surface area contributed by atoms with Crippen molar-refractivity contribution in [2.24, 2.45) is 0 Å². The largest absolute Gasteiger partial charge is 0.507 e. The molecule has 2 heterocycles. The highest BCUT2D eigenvalue weighted by Crippen LogP contribution is 2.26. The van der Waals surface area contributed by atoms with Crippen LogP contribution in [0.3, 0.4) is 0 Å². The van der Waals surface area contributed by atoms with Gasteiger partial charge < -0.3 is 5.11 Å². The number of para-hydroxylation sites is 1. The Balaban J connectivity index is 2.22. The molecule has 82 valence electrons. The first kappa shape index (κ1) is 9.72. The minimum absolute atomic E-state index is 0.177. The summed E-state index contributed by atoms with van der Waals surface area (Å²) in [6.45, 7) is 0. The zero-order chi connectivity index (χ0) is 11.7. The number of phenols is 1. The van der Waals surface area contributed by atoms with E-state index in [9.17, 15) is 5.11 Å². The summed E-state index contributed by atoms with van der Waals surface area (Å²) in [5.74, 6) is 0.680. The maximum atomic E-state index is 9.74. The number of phenolic OH excluding ortho intramolecular Hbond substituents is 1. The van der Waals surface area contributed by atoms with Crippen molar-refractivity contribution in [1.82, 2.24) is 15.0 Å². The summed E-state index contributed by atoms with van der Waals surface area (Å²) in [7, 11) is 0. The minimum Gasteiger partial charge on any atom is -0.507 e. The fourth-order valence-electron chi connectivity index (χ4n) is 1.66. The number of aromatic hydroxyl groups is 1. The maximum Gasteiger partial charge on any atom is 0.163 e. The molecule has 0 saturated carbocycles. The highest BCUT2D eigenvalue weighted by Gasteiger charge is 2.07. The molecule has 0 radical (unpaired) electrons. The van der Waals surface area contributed by atoms with Crippen LogP contribution < -0.4 is 0 Å². The Morgan fingerprint density at radius 1 is 0.882 bits per heavy atom. The average Bonchev–Trinajstić information content (AvgIpc) is 2.39. The second-order valence-electron chi connectivity index (χ2n) is 3.62. The molecule has 0 aliphatic carbocycles. The Morgan fingerprint density at radius 2 is 1.76 bits per heavy atom. The number of fused-ring (bicyclic) bond motifs is 1. The molecule has 0 spiro atoms. The van der Waals surface area contributed by atoms with Gasteiger partial charge in [0.15, 0.2) is 5.82 Å². The van der Waals surface area contributed by atoms with Crippen LogP contribution in [-0.4, -0.2) is 20.1 Å². The van der Waals surface area contributed by atoms with E-state index in [-0.39, 0.29) is 5.75 Å². The van der Waals surface area contributed by atoms with Crippen LogP contribution in [0.4, 0.5) is 0 Å². The van der Waals surface area contributed by atoms with Gasteiger partial charge >= 0.3 is 0 Å². The molecule has 2 aromatic heterocycles. The predicted molar refractivity (Wildman–Crippen MR) is 64.4 cm³/mol. The molecule has 0 unspecified atom stereocenters. The van der Waals surface area contributed by atoms with Crippen molar-refractivity contribution >= 4 is 11.0 Å². The van der Waals surface area contributed by atoms with E-state index in [4.69, 9.17) is 0 Å². The van der Waals surface area contributed by atoms with E-state index in [1.54, 1.807) is 30.6 Å². The fraction of sp³-hybridized carbons (Fsp3) is 0. The zero-order valence-electron chi connectivity index (χ0n) is 8.91. The van der Waals surface area contributed by atoms with Gasteiger partial charge in [-0.3, -0.25) is 4.98 Å². The third kappa shape index (κ3) is 1.69. The lowest BCUT2D eigenvalue weighted by Crippen LogP contribution is -1.91. The topological polar surface area (TPSA) is 58.9 Å². The molecular weight excluding hydrogens is 214 g/mol. The Labute approximate surface area is 97.6 Å². The highest BCUT2D eigenvalue weighted by molar-refractivity contribution is 5.76. The van der Waals surface area contributed by atoms with E-state index in [0.29, 0.717) is 11.4 Å². The molecule has 17 heavy (non-hydrogen) atoms. The minimum atomic E-state index is 0.177. The van der Waals surface area contributed by atoms with Gasteiger partial charge in [0.2, 0.25) is 0 Å². The van der Waals surface area contributed by atoms with Gasteiger partial charge in [0.05, 0.1) is 17.3 Å². The van der Waals surface area contributed by atoms with E-state index >= 15 is 0 Å². The molecule has 1 N–H and O–H groups in total. The molecule has 0 fully saturated rings. The summed E-state index contributed by atoms with van der Waals surface area (Å²) in [6.07, 6.45) is 3.36. The number of pyridine rings is 1. The Kier molecular flexibility index (Phi) is 2.19. The van der Waals surface area contributed by atoms with E-state index < -0.39 is 0 Å². The molecule has 0 amide bonds. The summed E-state index contributed by atoms with van der Waals surface area (Å²) < 4.78 is 0. The highest BCUT2D eigenvalue weighted by atomic mass is 16.3. The SMILES string of the molecule is Oc1ccccc1-c1ncc2ncccc2n1. The summed E-state index contributed by atoms with van der Waals surface area (Å²) in [5, 5.41) is 9.74. The summed E-state index contributed by atoms with van der Waals surface area (Å²) in [5.41, 5.74) is 2.13. The third-order valence-electron chi connectivity index (χ3n) is 2.50. The first-order valence-corrected chi connectivity index (χ1v) is 5.21. The molecule has 0 atom stereocenters. The number of nitrogens with zero attached hydrogens (tertiary/aromatic N) is 3. The Morgan fingerprint density at radius 3 is 2.65 bits per heavy atom. The fourth-order valence-corrected chi connectivity index (χ4v) is 1.66. The molecule has 1 aromatic carbocycles. The van der Waals surface area contributed by atoms with E-state index in [2.05, 4.69) is 15.0 Å². The van der Waals surface area contributed by atoms with Crippen LogP contribution in [0, 0.1) is 0 Å². The number of benzene rings is 1. The van der Waals surface area contributed by atoms with Crippen LogP contribution in [0.25, 0.3) is 22.4 Å². The number of hydrogen-bond donors (Lipinski definition) is 1. The third-order valence-corrected chi connectivity index (χ3v) is 2.50. The lowest BCUT2D eigenvalue weighted by Gasteiger charge is -2.03. The van der Waals surface area contributed by atoms with Crippen molar-refractivity contribution in [2.75, 3.05) is 0 Å². The van der Waals surface area contributed by atoms with Gasteiger partial charge in [0.25, 0.3) is 0 Å². The number of aromatic nitrogens is 3. The second kappa shape index (κ2) is 3.83.